The molecule has 3 aromatic rings. The quantitative estimate of drug-likeness (QED) is 0.485. The number of aromatic nitrogens is 4. The average molecular weight is 426 g/mol. The van der Waals surface area contributed by atoms with Crippen molar-refractivity contribution < 1.29 is 13.9 Å². The molecule has 0 saturated heterocycles. The highest BCUT2D eigenvalue weighted by molar-refractivity contribution is 7.99. The maximum atomic E-state index is 13.2. The van der Waals surface area contributed by atoms with E-state index in [1.807, 2.05) is 37.3 Å². The van der Waals surface area contributed by atoms with Crippen LogP contribution in [-0.4, -0.2) is 45.0 Å². The van der Waals surface area contributed by atoms with Crippen molar-refractivity contribution in [3.8, 4) is 17.5 Å². The van der Waals surface area contributed by atoms with Crippen LogP contribution in [-0.2, 0) is 4.79 Å². The summed E-state index contributed by atoms with van der Waals surface area (Å²) >= 11 is 1.17. The highest BCUT2D eigenvalue weighted by Crippen LogP contribution is 2.26. The first-order valence-corrected chi connectivity index (χ1v) is 10.2. The summed E-state index contributed by atoms with van der Waals surface area (Å²) in [5.41, 5.74) is 1.19. The van der Waals surface area contributed by atoms with Crippen LogP contribution < -0.4 is 9.64 Å². The van der Waals surface area contributed by atoms with Crippen LogP contribution >= 0.6 is 11.8 Å². The maximum absolute atomic E-state index is 13.2. The molecule has 10 heteroatoms. The number of hydrogen-bond donors (Lipinski definition) is 0. The molecular weight excluding hydrogens is 407 g/mol. The van der Waals surface area contributed by atoms with Gasteiger partial charge in [0.05, 0.1) is 24.8 Å². The molecule has 8 nitrogen and oxygen atoms in total. The number of nitriles is 1. The van der Waals surface area contributed by atoms with E-state index in [0.29, 0.717) is 28.9 Å². The van der Waals surface area contributed by atoms with Gasteiger partial charge in [-0.05, 0) is 53.7 Å². The first-order valence-electron chi connectivity index (χ1n) is 9.20. The van der Waals surface area contributed by atoms with Gasteiger partial charge >= 0.3 is 0 Å². The zero-order valence-electron chi connectivity index (χ0n) is 16.2. The Morgan fingerprint density at radius 2 is 2.03 bits per heavy atom. The molecule has 154 valence electrons. The molecule has 0 spiro atoms. The standard InChI is InChI=1S/C20H19FN6O2S/c1-2-29-18-7-4-3-6-17(18)27-20(23-24-25-27)30-14-19(28)26(13-5-12-22)16-10-8-15(21)9-11-16/h3-4,6-11H,2,5,13-14H2,1H3. The van der Waals surface area contributed by atoms with Gasteiger partial charge in [0.2, 0.25) is 11.1 Å². The van der Waals surface area contributed by atoms with Crippen LogP contribution in [0.3, 0.4) is 0 Å². The molecular formula is C20H19FN6O2S. The summed E-state index contributed by atoms with van der Waals surface area (Å²) in [6, 6.07) is 14.9. The Balaban J connectivity index is 1.76. The minimum atomic E-state index is -0.395. The fraction of sp³-hybridized carbons (Fsp3) is 0.250. The third kappa shape index (κ3) is 5.12. The Labute approximate surface area is 177 Å². The van der Waals surface area contributed by atoms with Gasteiger partial charge in [-0.15, -0.1) is 5.10 Å². The van der Waals surface area contributed by atoms with Gasteiger partial charge in [0.15, 0.2) is 0 Å². The van der Waals surface area contributed by atoms with Gasteiger partial charge in [0.25, 0.3) is 0 Å². The zero-order valence-corrected chi connectivity index (χ0v) is 17.0. The van der Waals surface area contributed by atoms with E-state index in [2.05, 4.69) is 15.5 Å². The lowest BCUT2D eigenvalue weighted by molar-refractivity contribution is -0.116. The fourth-order valence-corrected chi connectivity index (χ4v) is 3.47. The number of nitrogens with zero attached hydrogens (tertiary/aromatic N) is 6. The number of thioether (sulfide) groups is 1. The number of amides is 1. The molecule has 1 heterocycles. The van der Waals surface area contributed by atoms with Crippen molar-refractivity contribution in [2.75, 3.05) is 23.8 Å². The monoisotopic (exact) mass is 426 g/mol. The number of benzene rings is 2. The maximum Gasteiger partial charge on any atom is 0.237 e. The topological polar surface area (TPSA) is 96.9 Å². The van der Waals surface area contributed by atoms with Crippen LogP contribution in [0.25, 0.3) is 5.69 Å². The van der Waals surface area contributed by atoms with Gasteiger partial charge in [-0.1, -0.05) is 23.9 Å². The predicted molar refractivity (Wildman–Crippen MR) is 110 cm³/mol. The van der Waals surface area contributed by atoms with E-state index in [1.54, 1.807) is 0 Å². The number of para-hydroxylation sites is 2. The second kappa shape index (κ2) is 10.4. The lowest BCUT2D eigenvalue weighted by Gasteiger charge is -2.21. The number of carbonyl (C=O) groups excluding carboxylic acids is 1. The molecule has 0 atom stereocenters. The number of halogens is 1. The zero-order chi connectivity index (χ0) is 21.3. The van der Waals surface area contributed by atoms with Crippen LogP contribution in [0, 0.1) is 17.1 Å². The van der Waals surface area contributed by atoms with Gasteiger partial charge in [-0.25, -0.2) is 4.39 Å². The summed E-state index contributed by atoms with van der Waals surface area (Å²) in [5.74, 6) is 0.0323. The molecule has 0 unspecified atom stereocenters. The number of anilines is 1. The number of rotatable bonds is 9. The molecule has 0 radical (unpaired) electrons. The third-order valence-corrected chi connectivity index (χ3v) is 4.95. The molecule has 0 aliphatic heterocycles. The van der Waals surface area contributed by atoms with E-state index in [4.69, 9.17) is 10.00 Å². The van der Waals surface area contributed by atoms with Crippen molar-refractivity contribution in [3.05, 3.63) is 54.3 Å². The van der Waals surface area contributed by atoms with Crippen molar-refractivity contribution in [2.45, 2.75) is 18.5 Å². The highest BCUT2D eigenvalue weighted by atomic mass is 32.2. The van der Waals surface area contributed by atoms with E-state index in [9.17, 15) is 9.18 Å². The summed E-state index contributed by atoms with van der Waals surface area (Å²) in [7, 11) is 0. The molecule has 0 N–H and O–H groups in total. The van der Waals surface area contributed by atoms with E-state index in [-0.39, 0.29) is 24.6 Å². The Morgan fingerprint density at radius 3 is 2.77 bits per heavy atom. The molecule has 3 rings (SSSR count). The lowest BCUT2D eigenvalue weighted by Crippen LogP contribution is -2.33. The van der Waals surface area contributed by atoms with Gasteiger partial charge in [0.1, 0.15) is 17.3 Å². The summed E-state index contributed by atoms with van der Waals surface area (Å²) < 4.78 is 20.4. The van der Waals surface area contributed by atoms with Gasteiger partial charge in [-0.3, -0.25) is 4.79 Å². The Bertz CT molecular complexity index is 1030. The molecule has 0 aliphatic rings. The molecule has 1 amide bonds. The number of carbonyl (C=O) groups is 1. The number of ether oxygens (including phenoxy) is 1. The molecule has 30 heavy (non-hydrogen) atoms. The normalized spacial score (nSPS) is 10.4. The highest BCUT2D eigenvalue weighted by Gasteiger charge is 2.19. The van der Waals surface area contributed by atoms with Crippen molar-refractivity contribution >= 4 is 23.4 Å². The van der Waals surface area contributed by atoms with Gasteiger partial charge in [0, 0.05) is 12.2 Å². The van der Waals surface area contributed by atoms with E-state index >= 15 is 0 Å². The van der Waals surface area contributed by atoms with E-state index in [0.717, 1.165) is 0 Å². The Kier molecular flexibility index (Phi) is 7.34. The Hall–Kier alpha value is -3.45. The molecule has 0 bridgehead atoms. The predicted octanol–water partition coefficient (Wildman–Crippen LogP) is 3.24. The number of tetrazole rings is 1. The summed E-state index contributed by atoms with van der Waals surface area (Å²) in [6.07, 6.45) is 0.160. The van der Waals surface area contributed by atoms with Crippen LogP contribution in [0.1, 0.15) is 13.3 Å². The largest absolute Gasteiger partial charge is 0.492 e. The molecule has 0 saturated carbocycles. The average Bonchev–Trinajstić information content (AvgIpc) is 3.23. The molecule has 1 aromatic heterocycles. The lowest BCUT2D eigenvalue weighted by atomic mass is 10.2. The second-order valence-corrected chi connectivity index (χ2v) is 6.94. The Morgan fingerprint density at radius 1 is 1.27 bits per heavy atom. The van der Waals surface area contributed by atoms with Crippen molar-refractivity contribution in [3.63, 3.8) is 0 Å². The van der Waals surface area contributed by atoms with Crippen LogP contribution in [0.5, 0.6) is 5.75 Å². The van der Waals surface area contributed by atoms with Crippen LogP contribution in [0.2, 0.25) is 0 Å². The van der Waals surface area contributed by atoms with Gasteiger partial charge < -0.3 is 9.64 Å². The summed E-state index contributed by atoms with van der Waals surface area (Å²) in [4.78, 5) is 14.3. The third-order valence-electron chi connectivity index (χ3n) is 4.05. The van der Waals surface area contributed by atoms with Crippen LogP contribution in [0.4, 0.5) is 10.1 Å². The number of hydrogen-bond acceptors (Lipinski definition) is 7. The van der Waals surface area contributed by atoms with Crippen molar-refractivity contribution in [2.24, 2.45) is 0 Å². The smallest absolute Gasteiger partial charge is 0.237 e. The first kappa shape index (κ1) is 21.3. The molecule has 0 aliphatic carbocycles. The van der Waals surface area contributed by atoms with E-state index in [1.165, 1.54) is 45.6 Å². The molecule has 0 fully saturated rings. The fourth-order valence-electron chi connectivity index (χ4n) is 2.71. The van der Waals surface area contributed by atoms with Crippen molar-refractivity contribution in [1.29, 1.82) is 5.26 Å². The minimum Gasteiger partial charge on any atom is -0.492 e. The van der Waals surface area contributed by atoms with Crippen molar-refractivity contribution in [1.82, 2.24) is 20.2 Å². The first-order chi connectivity index (χ1) is 14.6. The molecule has 2 aromatic carbocycles. The SMILES string of the molecule is CCOc1ccccc1-n1nnnc1SCC(=O)N(CCC#N)c1ccc(F)cc1. The van der Waals surface area contributed by atoms with E-state index < -0.39 is 5.82 Å². The van der Waals surface area contributed by atoms with Crippen LogP contribution in [0.15, 0.2) is 53.7 Å². The second-order valence-electron chi connectivity index (χ2n) is 5.99. The summed E-state index contributed by atoms with van der Waals surface area (Å²) in [5, 5.41) is 21.1. The van der Waals surface area contributed by atoms with Gasteiger partial charge in [-0.2, -0.15) is 9.94 Å². The minimum absolute atomic E-state index is 0.0416. The summed E-state index contributed by atoms with van der Waals surface area (Å²) in [6.45, 7) is 2.58.